The fraction of sp³-hybridized carbons (Fsp3) is 0.560. The van der Waals surface area contributed by atoms with Gasteiger partial charge in [-0.1, -0.05) is 0 Å². The molecule has 2 aromatic rings. The lowest BCUT2D eigenvalue weighted by Crippen LogP contribution is -2.46. The van der Waals surface area contributed by atoms with E-state index in [2.05, 4.69) is 32.1 Å². The molecule has 1 saturated heterocycles. The maximum atomic E-state index is 14.3. The van der Waals surface area contributed by atoms with Crippen LogP contribution >= 0.6 is 23.4 Å². The Balaban J connectivity index is 1.20. The van der Waals surface area contributed by atoms with Crippen molar-refractivity contribution in [1.82, 2.24) is 14.9 Å². The maximum absolute atomic E-state index is 14.3. The summed E-state index contributed by atoms with van der Waals surface area (Å²) in [6, 6.07) is 5.56. The van der Waals surface area contributed by atoms with Crippen LogP contribution in [0.1, 0.15) is 12.8 Å². The fourth-order valence-corrected chi connectivity index (χ4v) is 7.54. The quantitative estimate of drug-likeness (QED) is 0.246. The van der Waals surface area contributed by atoms with Gasteiger partial charge in [-0.05, 0) is 55.5 Å². The number of hydrogen-bond acceptors (Lipinski definition) is 9. The molecule has 1 aliphatic heterocycles. The Morgan fingerprint density at radius 3 is 2.84 bits per heavy atom. The number of nitrogen functional groups attached to an aromatic ring is 1. The molecule has 0 spiro atoms. The van der Waals surface area contributed by atoms with Crippen molar-refractivity contribution in [1.29, 1.82) is 0 Å². The maximum Gasteiger partial charge on any atom is 0.224 e. The number of halogens is 2. The molecule has 5 N–H and O–H groups in total. The summed E-state index contributed by atoms with van der Waals surface area (Å²) in [5.74, 6) is 0.584. The molecule has 1 aromatic carbocycles. The van der Waals surface area contributed by atoms with Gasteiger partial charge in [0.05, 0.1) is 24.4 Å². The van der Waals surface area contributed by atoms with Gasteiger partial charge < -0.3 is 31.3 Å². The average molecular weight is 550 g/mol. The number of rotatable bonds is 9. The first-order valence-corrected chi connectivity index (χ1v) is 14.0. The lowest BCUT2D eigenvalue weighted by atomic mass is 9.83. The summed E-state index contributed by atoms with van der Waals surface area (Å²) in [5.41, 5.74) is 13.6. The van der Waals surface area contributed by atoms with Crippen LogP contribution < -0.4 is 26.4 Å². The number of benzene rings is 1. The van der Waals surface area contributed by atoms with Gasteiger partial charge in [0.15, 0.2) is 11.6 Å². The van der Waals surface area contributed by atoms with Crippen molar-refractivity contribution in [2.45, 2.75) is 24.1 Å². The molecule has 0 radical (unpaired) electrons. The Bertz CT molecular complexity index is 1140. The van der Waals surface area contributed by atoms with Crippen molar-refractivity contribution in [2.24, 2.45) is 23.5 Å². The molecule has 0 unspecified atom stereocenters. The minimum atomic E-state index is -0.605. The topological polar surface area (TPSA) is 123 Å². The molecule has 2 bridgehead atoms. The minimum Gasteiger partial charge on any atom is -0.490 e. The van der Waals surface area contributed by atoms with Crippen molar-refractivity contribution in [2.75, 3.05) is 61.5 Å². The lowest BCUT2D eigenvalue weighted by molar-refractivity contribution is -0.123. The van der Waals surface area contributed by atoms with Crippen molar-refractivity contribution < 1.29 is 13.9 Å². The van der Waals surface area contributed by atoms with Crippen LogP contribution in [0.15, 0.2) is 24.4 Å². The number of nitrogens with one attached hydrogen (secondary N) is 1. The van der Waals surface area contributed by atoms with E-state index in [0.717, 1.165) is 62.4 Å². The molecule has 2 aliphatic carbocycles. The van der Waals surface area contributed by atoms with Gasteiger partial charge in [-0.15, -0.1) is 0 Å². The van der Waals surface area contributed by atoms with E-state index < -0.39 is 5.82 Å². The van der Waals surface area contributed by atoms with Crippen molar-refractivity contribution in [3.05, 3.63) is 35.5 Å². The Morgan fingerprint density at radius 1 is 1.30 bits per heavy atom. The molecule has 3 fully saturated rings. The molecule has 5 atom stereocenters. The first-order chi connectivity index (χ1) is 17.8. The predicted molar refractivity (Wildman–Crippen MR) is 146 cm³/mol. The van der Waals surface area contributed by atoms with E-state index in [1.807, 2.05) is 30.0 Å². The standard InChI is InChI=1S/C25H33ClFN7O2S/c1-33-4-6-34(7-5-33)18-3-2-15(28)12-19(18)36-8-9-37-20-11-14-10-16(20)22(21(14)23(29)35)31-24-17(27)13-30-25(26)32-24/h2-3,12-14,16,20-22H,4-11,28H2,1H3,(H2,29,35)(H,30,31,32)/t14-,16+,20+,21-,22+/m0/s1. The number of primary amides is 1. The molecule has 3 aliphatic rings. The summed E-state index contributed by atoms with van der Waals surface area (Å²) >= 11 is 7.70. The molecule has 1 amide bonds. The Morgan fingerprint density at radius 2 is 2.08 bits per heavy atom. The average Bonchev–Trinajstić information content (AvgIpc) is 3.43. The zero-order chi connectivity index (χ0) is 26.1. The highest BCUT2D eigenvalue weighted by molar-refractivity contribution is 7.99. The highest BCUT2D eigenvalue weighted by atomic mass is 35.5. The van der Waals surface area contributed by atoms with E-state index in [-0.39, 0.29) is 40.8 Å². The number of piperazine rings is 1. The van der Waals surface area contributed by atoms with Crippen LogP contribution in [0.3, 0.4) is 0 Å². The number of hydrogen-bond donors (Lipinski definition) is 3. The molecule has 2 saturated carbocycles. The highest BCUT2D eigenvalue weighted by Gasteiger charge is 2.55. The Labute approximate surface area is 225 Å². The predicted octanol–water partition coefficient (Wildman–Crippen LogP) is 2.71. The van der Waals surface area contributed by atoms with Gasteiger partial charge in [-0.2, -0.15) is 16.7 Å². The summed E-state index contributed by atoms with van der Waals surface area (Å²) in [6.07, 6.45) is 2.80. The largest absolute Gasteiger partial charge is 0.490 e. The number of ether oxygens (including phenoxy) is 1. The monoisotopic (exact) mass is 549 g/mol. The van der Waals surface area contributed by atoms with E-state index in [4.69, 9.17) is 27.8 Å². The van der Waals surface area contributed by atoms with Crippen LogP contribution in [0.2, 0.25) is 5.28 Å². The Hall–Kier alpha value is -2.50. The van der Waals surface area contributed by atoms with Gasteiger partial charge in [0, 0.05) is 55.0 Å². The number of thioether (sulfide) groups is 1. The molecule has 1 aromatic heterocycles. The van der Waals surface area contributed by atoms with Gasteiger partial charge >= 0.3 is 0 Å². The first-order valence-electron chi connectivity index (χ1n) is 12.6. The third kappa shape index (κ3) is 5.68. The van der Waals surface area contributed by atoms with Gasteiger partial charge in [0.25, 0.3) is 0 Å². The molecular weight excluding hydrogens is 517 g/mol. The third-order valence-corrected chi connectivity index (χ3v) is 9.35. The van der Waals surface area contributed by atoms with Gasteiger partial charge in [0.1, 0.15) is 5.75 Å². The van der Waals surface area contributed by atoms with E-state index >= 15 is 0 Å². The van der Waals surface area contributed by atoms with E-state index in [1.165, 1.54) is 0 Å². The van der Waals surface area contributed by atoms with E-state index in [0.29, 0.717) is 17.5 Å². The number of aromatic nitrogens is 2. The zero-order valence-electron chi connectivity index (χ0n) is 20.8. The normalized spacial score (nSPS) is 27.4. The number of nitrogens with two attached hydrogens (primary N) is 2. The van der Waals surface area contributed by atoms with Crippen molar-refractivity contribution in [3.63, 3.8) is 0 Å². The van der Waals surface area contributed by atoms with Crippen LogP contribution in [0.5, 0.6) is 5.75 Å². The minimum absolute atomic E-state index is 0.00832. The van der Waals surface area contributed by atoms with Crippen LogP contribution in [-0.4, -0.2) is 77.7 Å². The second-order valence-electron chi connectivity index (χ2n) is 10.1. The Kier molecular flexibility index (Phi) is 7.83. The first kappa shape index (κ1) is 26.1. The van der Waals surface area contributed by atoms with Gasteiger partial charge in [-0.25, -0.2) is 9.37 Å². The van der Waals surface area contributed by atoms with E-state index in [1.54, 1.807) is 0 Å². The fourth-order valence-electron chi connectivity index (χ4n) is 6.01. The molecule has 200 valence electrons. The second kappa shape index (κ2) is 11.1. The smallest absolute Gasteiger partial charge is 0.224 e. The third-order valence-electron chi connectivity index (χ3n) is 7.79. The molecule has 12 heteroatoms. The number of amides is 1. The van der Waals surface area contributed by atoms with Crippen LogP contribution in [-0.2, 0) is 4.79 Å². The van der Waals surface area contributed by atoms with Gasteiger partial charge in [-0.3, -0.25) is 4.79 Å². The number of likely N-dealkylation sites (N-methyl/N-ethyl adjacent to an activating group) is 1. The number of fused-ring (bicyclic) bond motifs is 2. The molecule has 9 nitrogen and oxygen atoms in total. The summed E-state index contributed by atoms with van der Waals surface area (Å²) in [4.78, 5) is 24.6. The highest BCUT2D eigenvalue weighted by Crippen LogP contribution is 2.53. The van der Waals surface area contributed by atoms with Crippen LogP contribution in [0, 0.1) is 23.6 Å². The number of anilines is 3. The zero-order valence-corrected chi connectivity index (χ0v) is 22.3. The number of nitrogens with zero attached hydrogens (tertiary/aromatic N) is 4. The summed E-state index contributed by atoms with van der Waals surface area (Å²) in [7, 11) is 2.13. The summed E-state index contributed by atoms with van der Waals surface area (Å²) in [5, 5.41) is 3.39. The second-order valence-corrected chi connectivity index (χ2v) is 11.8. The summed E-state index contributed by atoms with van der Waals surface area (Å²) < 4.78 is 20.5. The number of carbonyl (C=O) groups excluding carboxylic acids is 1. The SMILES string of the molecule is CN1CCN(c2ccc(N)cc2OCCS[C@@H]2C[C@@H]3C[C@H]2[C@@H](Nc2nc(Cl)ncc2F)[C@H]3C(N)=O)CC1. The van der Waals surface area contributed by atoms with Crippen LogP contribution in [0.25, 0.3) is 0 Å². The van der Waals surface area contributed by atoms with Crippen molar-refractivity contribution >= 4 is 46.5 Å². The molecular formula is C25H33ClFN7O2S. The van der Waals surface area contributed by atoms with Crippen molar-refractivity contribution in [3.8, 4) is 5.75 Å². The molecule has 2 heterocycles. The molecule has 5 rings (SSSR count). The number of carbonyl (C=O) groups is 1. The van der Waals surface area contributed by atoms with Crippen LogP contribution in [0.4, 0.5) is 21.6 Å². The summed E-state index contributed by atoms with van der Waals surface area (Å²) in [6.45, 7) is 4.46. The lowest BCUT2D eigenvalue weighted by Gasteiger charge is -2.35. The molecule has 37 heavy (non-hydrogen) atoms. The van der Waals surface area contributed by atoms with E-state index in [9.17, 15) is 9.18 Å². The van der Waals surface area contributed by atoms with Gasteiger partial charge in [0.2, 0.25) is 11.2 Å².